The van der Waals surface area contributed by atoms with Gasteiger partial charge < -0.3 is 19.3 Å². The van der Waals surface area contributed by atoms with E-state index in [-0.39, 0.29) is 16.7 Å². The molecular weight excluding hydrogens is 544 g/mol. The fraction of sp³-hybridized carbons (Fsp3) is 0.567. The van der Waals surface area contributed by atoms with Crippen LogP contribution >= 0.6 is 0 Å². The van der Waals surface area contributed by atoms with Crippen molar-refractivity contribution in [3.8, 4) is 5.88 Å². The Balaban J connectivity index is 1.08. The third kappa shape index (κ3) is 6.57. The second-order valence-electron chi connectivity index (χ2n) is 11.9. The lowest BCUT2D eigenvalue weighted by Crippen LogP contribution is -2.34. The van der Waals surface area contributed by atoms with Crippen molar-refractivity contribution in [2.24, 2.45) is 22.9 Å². The molecule has 2 aromatic rings. The number of rotatable bonds is 7. The Morgan fingerprint density at radius 1 is 0.878 bits per heavy atom. The van der Waals surface area contributed by atoms with E-state index >= 15 is 0 Å². The van der Waals surface area contributed by atoms with E-state index in [1.165, 1.54) is 24.3 Å². The van der Waals surface area contributed by atoms with Crippen molar-refractivity contribution >= 4 is 21.8 Å². The number of sulfonamides is 1. The van der Waals surface area contributed by atoms with Crippen LogP contribution in [0.3, 0.4) is 0 Å². The lowest BCUT2D eigenvalue weighted by molar-refractivity contribution is 0.0490. The molecule has 1 saturated carbocycles. The molecule has 0 spiro atoms. The molecule has 2 N–H and O–H groups in total. The van der Waals surface area contributed by atoms with Gasteiger partial charge in [0.15, 0.2) is 0 Å². The number of nitrogens with zero attached hydrogens (tertiary/aromatic N) is 3. The highest BCUT2D eigenvalue weighted by Gasteiger charge is 2.38. The number of carbonyl (C=O) groups excluding carboxylic acids is 2. The van der Waals surface area contributed by atoms with E-state index in [4.69, 9.17) is 19.6 Å². The van der Waals surface area contributed by atoms with E-state index < -0.39 is 10.0 Å². The van der Waals surface area contributed by atoms with Gasteiger partial charge in [-0.25, -0.2) is 18.5 Å². The molecule has 1 aromatic carbocycles. The molecule has 2 atom stereocenters. The Bertz CT molecular complexity index is 1370. The van der Waals surface area contributed by atoms with Gasteiger partial charge >= 0.3 is 0 Å². The van der Waals surface area contributed by atoms with Crippen molar-refractivity contribution < 1.29 is 27.5 Å². The number of hydrogen-bond donors (Lipinski definition) is 1. The number of hydrogen-bond acceptors (Lipinski definition) is 7. The van der Waals surface area contributed by atoms with E-state index in [0.29, 0.717) is 73.5 Å². The van der Waals surface area contributed by atoms with E-state index in [0.717, 1.165) is 57.4 Å². The maximum absolute atomic E-state index is 13.7. The molecule has 10 nitrogen and oxygen atoms in total. The lowest BCUT2D eigenvalue weighted by atomic mass is 9.92. The minimum atomic E-state index is -3.80. The van der Waals surface area contributed by atoms with Gasteiger partial charge in [0.25, 0.3) is 11.8 Å². The van der Waals surface area contributed by atoms with Gasteiger partial charge in [-0.1, -0.05) is 0 Å². The standard InChI is InChI=1S/C30H38N4O6S/c31-41(37,38)26-5-3-22(4-6-26)29(35)34-17-23-7-11-33(12-8-24(23)18-34)30(36)25-15-27(21-1-2-21)32-28(16-25)40-19-20-9-13-39-14-10-20/h3-6,15-16,20-21,23-24H,1-2,7-14,17-19H2,(H2,31,37,38)/t23-,24+. The lowest BCUT2D eigenvalue weighted by Gasteiger charge is -2.24. The average Bonchev–Trinajstić information content (AvgIpc) is 3.79. The summed E-state index contributed by atoms with van der Waals surface area (Å²) in [6, 6.07) is 9.53. The van der Waals surface area contributed by atoms with E-state index in [2.05, 4.69) is 0 Å². The quantitative estimate of drug-likeness (QED) is 0.531. The summed E-state index contributed by atoms with van der Waals surface area (Å²) in [4.78, 5) is 35.4. The van der Waals surface area contributed by atoms with Crippen LogP contribution in [0.5, 0.6) is 5.88 Å². The average molecular weight is 583 g/mol. The van der Waals surface area contributed by atoms with Crippen LogP contribution in [0.4, 0.5) is 0 Å². The minimum Gasteiger partial charge on any atom is -0.477 e. The number of benzene rings is 1. The zero-order valence-electron chi connectivity index (χ0n) is 23.2. The molecule has 0 radical (unpaired) electrons. The van der Waals surface area contributed by atoms with E-state index in [1.54, 1.807) is 6.07 Å². The number of carbonyl (C=O) groups is 2. The Morgan fingerprint density at radius 3 is 2.12 bits per heavy atom. The Labute approximate surface area is 241 Å². The van der Waals surface area contributed by atoms with Gasteiger partial charge in [0.1, 0.15) is 0 Å². The molecule has 1 aromatic heterocycles. The minimum absolute atomic E-state index is 0.0122. The molecule has 3 aliphatic heterocycles. The highest BCUT2D eigenvalue weighted by atomic mass is 32.2. The molecule has 3 saturated heterocycles. The number of aromatic nitrogens is 1. The summed E-state index contributed by atoms with van der Waals surface area (Å²) in [6.07, 6.45) is 5.83. The topological polar surface area (TPSA) is 132 Å². The molecular formula is C30H38N4O6S. The van der Waals surface area contributed by atoms with Crippen molar-refractivity contribution in [3.63, 3.8) is 0 Å². The summed E-state index contributed by atoms with van der Waals surface area (Å²) < 4.78 is 34.6. The van der Waals surface area contributed by atoms with Gasteiger partial charge in [0.2, 0.25) is 15.9 Å². The highest BCUT2D eigenvalue weighted by molar-refractivity contribution is 7.89. The fourth-order valence-corrected chi connectivity index (χ4v) is 6.81. The third-order valence-corrected chi connectivity index (χ3v) is 9.92. The third-order valence-electron chi connectivity index (χ3n) is 8.99. The molecule has 11 heteroatoms. The van der Waals surface area contributed by atoms with Gasteiger partial charge in [-0.15, -0.1) is 0 Å². The number of pyridine rings is 1. The first-order chi connectivity index (χ1) is 19.7. The van der Waals surface area contributed by atoms with Crippen LogP contribution in [0, 0.1) is 17.8 Å². The number of likely N-dealkylation sites (tertiary alicyclic amines) is 2. The van der Waals surface area contributed by atoms with Crippen LogP contribution in [-0.4, -0.2) is 81.0 Å². The fourth-order valence-electron chi connectivity index (χ4n) is 6.30. The summed E-state index contributed by atoms with van der Waals surface area (Å²) >= 11 is 0. The smallest absolute Gasteiger partial charge is 0.254 e. The number of ether oxygens (including phenoxy) is 2. The Kier molecular flexibility index (Phi) is 8.02. The van der Waals surface area contributed by atoms with Crippen LogP contribution in [0.1, 0.15) is 70.9 Å². The molecule has 4 aliphatic rings. The largest absolute Gasteiger partial charge is 0.477 e. The number of fused-ring (bicyclic) bond motifs is 1. The highest BCUT2D eigenvalue weighted by Crippen LogP contribution is 2.40. The molecule has 41 heavy (non-hydrogen) atoms. The predicted octanol–water partition coefficient (Wildman–Crippen LogP) is 3.04. The van der Waals surface area contributed by atoms with Crippen LogP contribution in [0.15, 0.2) is 41.3 Å². The second kappa shape index (κ2) is 11.7. The molecule has 0 unspecified atom stereocenters. The van der Waals surface area contributed by atoms with Crippen molar-refractivity contribution in [1.82, 2.24) is 14.8 Å². The normalized spacial score (nSPS) is 23.6. The molecule has 1 aliphatic carbocycles. The van der Waals surface area contributed by atoms with Crippen molar-refractivity contribution in [1.29, 1.82) is 0 Å². The zero-order valence-corrected chi connectivity index (χ0v) is 24.1. The van der Waals surface area contributed by atoms with Crippen molar-refractivity contribution in [2.45, 2.75) is 49.3 Å². The summed E-state index contributed by atoms with van der Waals surface area (Å²) in [6.45, 7) is 4.68. The van der Waals surface area contributed by atoms with Gasteiger partial charge in [-0.2, -0.15) is 0 Å². The van der Waals surface area contributed by atoms with Gasteiger partial charge in [0, 0.05) is 68.2 Å². The Morgan fingerprint density at radius 2 is 1.51 bits per heavy atom. The van der Waals surface area contributed by atoms with Gasteiger partial charge in [-0.3, -0.25) is 9.59 Å². The summed E-state index contributed by atoms with van der Waals surface area (Å²) in [5.41, 5.74) is 2.05. The molecule has 6 rings (SSSR count). The molecule has 0 bridgehead atoms. The maximum Gasteiger partial charge on any atom is 0.254 e. The second-order valence-corrected chi connectivity index (χ2v) is 13.5. The zero-order chi connectivity index (χ0) is 28.6. The summed E-state index contributed by atoms with van der Waals surface area (Å²) in [7, 11) is -3.80. The first kappa shape index (κ1) is 28.1. The SMILES string of the molecule is NS(=O)(=O)c1ccc(C(=O)N2C[C@H]3CCN(C(=O)c4cc(OCC5CCOCC5)nc(C5CC5)c4)CC[C@H]3C2)cc1. The van der Waals surface area contributed by atoms with Crippen molar-refractivity contribution in [2.75, 3.05) is 46.0 Å². The summed E-state index contributed by atoms with van der Waals surface area (Å²) in [5.74, 6) is 1.96. The molecule has 4 fully saturated rings. The molecule has 4 heterocycles. The van der Waals surface area contributed by atoms with Gasteiger partial charge in [-0.05, 0) is 86.6 Å². The van der Waals surface area contributed by atoms with Gasteiger partial charge in [0.05, 0.1) is 11.5 Å². The first-order valence-electron chi connectivity index (χ1n) is 14.7. The van der Waals surface area contributed by atoms with E-state index in [1.807, 2.05) is 15.9 Å². The van der Waals surface area contributed by atoms with Crippen LogP contribution in [-0.2, 0) is 14.8 Å². The molecule has 220 valence electrons. The molecule has 2 amide bonds. The van der Waals surface area contributed by atoms with Crippen LogP contribution in [0.25, 0.3) is 0 Å². The number of amides is 2. The summed E-state index contributed by atoms with van der Waals surface area (Å²) in [5, 5.41) is 5.18. The Hall–Kier alpha value is -3.02. The first-order valence-corrected chi connectivity index (χ1v) is 16.2. The number of primary sulfonamides is 1. The predicted molar refractivity (Wildman–Crippen MR) is 151 cm³/mol. The van der Waals surface area contributed by atoms with Crippen LogP contribution in [0.2, 0.25) is 0 Å². The maximum atomic E-state index is 13.7. The monoisotopic (exact) mass is 582 g/mol. The number of nitrogens with two attached hydrogens (primary N) is 1. The van der Waals surface area contributed by atoms with Crippen LogP contribution < -0.4 is 9.88 Å². The van der Waals surface area contributed by atoms with E-state index in [9.17, 15) is 18.0 Å². The van der Waals surface area contributed by atoms with Crippen molar-refractivity contribution in [3.05, 3.63) is 53.2 Å².